The van der Waals surface area contributed by atoms with Crippen LogP contribution in [0.5, 0.6) is 5.75 Å². The van der Waals surface area contributed by atoms with E-state index < -0.39 is 11.2 Å². The molecule has 0 saturated carbocycles. The number of aromatic nitrogens is 6. The van der Waals surface area contributed by atoms with Gasteiger partial charge >= 0.3 is 5.69 Å². The van der Waals surface area contributed by atoms with Crippen molar-refractivity contribution < 1.29 is 9.26 Å². The Balaban J connectivity index is 1.47. The first-order valence-electron chi connectivity index (χ1n) is 10.8. The predicted molar refractivity (Wildman–Crippen MR) is 123 cm³/mol. The smallest absolute Gasteiger partial charge is 0.332 e. The highest BCUT2D eigenvalue weighted by Gasteiger charge is 2.17. The van der Waals surface area contributed by atoms with E-state index in [-0.39, 0.29) is 17.3 Å². The summed E-state index contributed by atoms with van der Waals surface area (Å²) in [4.78, 5) is 37.2. The van der Waals surface area contributed by atoms with Gasteiger partial charge in [-0.2, -0.15) is 9.97 Å². The van der Waals surface area contributed by atoms with Crippen LogP contribution in [0.3, 0.4) is 0 Å². The molecule has 0 bridgehead atoms. The first-order chi connectivity index (χ1) is 16.0. The number of rotatable bonds is 10. The van der Waals surface area contributed by atoms with Gasteiger partial charge in [0.15, 0.2) is 17.0 Å². The lowest BCUT2D eigenvalue weighted by Crippen LogP contribution is -2.40. The molecule has 3 heterocycles. The minimum atomic E-state index is -0.436. The van der Waals surface area contributed by atoms with E-state index in [0.717, 1.165) is 24.2 Å². The minimum absolute atomic E-state index is 0.0832. The third kappa shape index (κ3) is 5.00. The molecule has 4 aromatic rings. The SMILES string of the molecule is CCCCn1c(=O)n(CCCc2noc(Cc3cccc(OC)c3)n2)c(=O)c2[nH]c(Cl)nc21. The molecule has 4 rings (SSSR count). The lowest BCUT2D eigenvalue weighted by Gasteiger charge is -2.10. The van der Waals surface area contributed by atoms with Crippen molar-refractivity contribution >= 4 is 22.8 Å². The number of benzene rings is 1. The molecule has 0 unspecified atom stereocenters. The molecule has 0 fully saturated rings. The molecule has 0 aliphatic carbocycles. The third-order valence-electron chi connectivity index (χ3n) is 5.35. The van der Waals surface area contributed by atoms with Gasteiger partial charge in [-0.3, -0.25) is 13.9 Å². The molecule has 174 valence electrons. The van der Waals surface area contributed by atoms with E-state index in [1.807, 2.05) is 31.2 Å². The highest BCUT2D eigenvalue weighted by Crippen LogP contribution is 2.16. The number of unbranched alkanes of at least 4 members (excludes halogenated alkanes) is 1. The van der Waals surface area contributed by atoms with Crippen molar-refractivity contribution in [2.45, 2.75) is 52.1 Å². The second-order valence-corrected chi connectivity index (χ2v) is 8.06. The largest absolute Gasteiger partial charge is 0.497 e. The number of methoxy groups -OCH3 is 1. The van der Waals surface area contributed by atoms with Gasteiger partial charge in [-0.25, -0.2) is 4.79 Å². The topological polar surface area (TPSA) is 121 Å². The number of imidazole rings is 1. The molecule has 0 atom stereocenters. The molecule has 0 spiro atoms. The number of nitrogens with zero attached hydrogens (tertiary/aromatic N) is 5. The van der Waals surface area contributed by atoms with Gasteiger partial charge in [0.2, 0.25) is 11.2 Å². The fourth-order valence-electron chi connectivity index (χ4n) is 3.67. The third-order valence-corrected chi connectivity index (χ3v) is 5.53. The van der Waals surface area contributed by atoms with Crippen molar-refractivity contribution in [2.24, 2.45) is 0 Å². The molecule has 33 heavy (non-hydrogen) atoms. The first kappa shape index (κ1) is 22.8. The van der Waals surface area contributed by atoms with Gasteiger partial charge < -0.3 is 14.2 Å². The van der Waals surface area contributed by atoms with Gasteiger partial charge in [-0.15, -0.1) is 0 Å². The monoisotopic (exact) mass is 472 g/mol. The standard InChI is InChI=1S/C22H25ClN6O4/c1-3-4-10-28-19-18(25-21(23)26-19)20(30)29(22(28)31)11-6-9-16-24-17(33-27-16)13-14-7-5-8-15(12-14)32-2/h5,7-8,12H,3-4,6,9-11,13H2,1-2H3,(H,25,26). The van der Waals surface area contributed by atoms with Gasteiger partial charge in [0.25, 0.3) is 5.56 Å². The highest BCUT2D eigenvalue weighted by atomic mass is 35.5. The number of H-pyrrole nitrogens is 1. The van der Waals surface area contributed by atoms with Crippen molar-refractivity contribution in [3.8, 4) is 5.75 Å². The van der Waals surface area contributed by atoms with Crippen LogP contribution in [0.25, 0.3) is 11.2 Å². The van der Waals surface area contributed by atoms with Crippen LogP contribution in [-0.2, 0) is 25.9 Å². The molecule has 1 N–H and O–H groups in total. The van der Waals surface area contributed by atoms with Crippen LogP contribution in [0, 0.1) is 0 Å². The molecule has 11 heteroatoms. The molecule has 0 radical (unpaired) electrons. The summed E-state index contributed by atoms with van der Waals surface area (Å²) in [7, 11) is 1.62. The zero-order valence-corrected chi connectivity index (χ0v) is 19.3. The van der Waals surface area contributed by atoms with Crippen LogP contribution in [-0.4, -0.2) is 36.4 Å². The van der Waals surface area contributed by atoms with Gasteiger partial charge in [-0.05, 0) is 42.1 Å². The quantitative estimate of drug-likeness (QED) is 0.352. The van der Waals surface area contributed by atoms with Crippen molar-refractivity contribution in [1.82, 2.24) is 29.2 Å². The number of aryl methyl sites for hydroxylation is 2. The number of ether oxygens (including phenoxy) is 1. The fraction of sp³-hybridized carbons (Fsp3) is 0.409. The molecule has 0 saturated heterocycles. The number of hydrogen-bond donors (Lipinski definition) is 1. The van der Waals surface area contributed by atoms with Gasteiger partial charge in [0.05, 0.1) is 13.5 Å². The molecular formula is C22H25ClN6O4. The Hall–Kier alpha value is -3.40. The lowest BCUT2D eigenvalue weighted by molar-refractivity contribution is 0.377. The van der Waals surface area contributed by atoms with Crippen molar-refractivity contribution in [2.75, 3.05) is 7.11 Å². The van der Waals surface area contributed by atoms with E-state index in [0.29, 0.717) is 43.2 Å². The van der Waals surface area contributed by atoms with Crippen molar-refractivity contribution in [3.63, 3.8) is 0 Å². The maximum absolute atomic E-state index is 13.0. The summed E-state index contributed by atoms with van der Waals surface area (Å²) in [6.07, 6.45) is 3.14. The Morgan fingerprint density at radius 3 is 2.76 bits per heavy atom. The summed E-state index contributed by atoms with van der Waals surface area (Å²) in [5, 5.41) is 4.10. The highest BCUT2D eigenvalue weighted by molar-refractivity contribution is 6.28. The number of hydrogen-bond acceptors (Lipinski definition) is 7. The van der Waals surface area contributed by atoms with Crippen LogP contribution in [0.4, 0.5) is 0 Å². The number of fused-ring (bicyclic) bond motifs is 1. The van der Waals surface area contributed by atoms with Gasteiger partial charge in [0.1, 0.15) is 5.75 Å². The van der Waals surface area contributed by atoms with Crippen molar-refractivity contribution in [1.29, 1.82) is 0 Å². The lowest BCUT2D eigenvalue weighted by atomic mass is 10.1. The van der Waals surface area contributed by atoms with Crippen LogP contribution in [0.15, 0.2) is 38.4 Å². The molecule has 3 aromatic heterocycles. The van der Waals surface area contributed by atoms with E-state index in [9.17, 15) is 9.59 Å². The van der Waals surface area contributed by atoms with Crippen molar-refractivity contribution in [3.05, 3.63) is 67.7 Å². The fourth-order valence-corrected chi connectivity index (χ4v) is 3.84. The summed E-state index contributed by atoms with van der Waals surface area (Å²) in [5.41, 5.74) is 0.691. The Bertz CT molecular complexity index is 1370. The average Bonchev–Trinajstić information content (AvgIpc) is 3.42. The molecule has 0 amide bonds. The first-order valence-corrected chi connectivity index (χ1v) is 11.2. The number of halogens is 1. The second kappa shape index (κ2) is 10.0. The van der Waals surface area contributed by atoms with Crippen LogP contribution >= 0.6 is 11.6 Å². The molecule has 0 aliphatic rings. The second-order valence-electron chi connectivity index (χ2n) is 7.71. The molecule has 1 aromatic carbocycles. The number of nitrogens with one attached hydrogen (secondary N) is 1. The van der Waals surface area contributed by atoms with E-state index in [1.165, 1.54) is 9.13 Å². The molecule has 10 nitrogen and oxygen atoms in total. The van der Waals surface area contributed by atoms with Gasteiger partial charge in [-0.1, -0.05) is 30.6 Å². The summed E-state index contributed by atoms with van der Waals surface area (Å²) < 4.78 is 13.3. The Morgan fingerprint density at radius 2 is 1.97 bits per heavy atom. The summed E-state index contributed by atoms with van der Waals surface area (Å²) >= 11 is 5.96. The van der Waals surface area contributed by atoms with Gasteiger partial charge in [0, 0.05) is 19.5 Å². The molecule has 0 aliphatic heterocycles. The average molecular weight is 473 g/mol. The van der Waals surface area contributed by atoms with Crippen LogP contribution in [0.2, 0.25) is 5.28 Å². The Labute approximate surface area is 194 Å². The predicted octanol–water partition coefficient (Wildman–Crippen LogP) is 2.96. The Kier molecular flexibility index (Phi) is 6.93. The van der Waals surface area contributed by atoms with E-state index in [4.69, 9.17) is 20.9 Å². The zero-order chi connectivity index (χ0) is 23.4. The minimum Gasteiger partial charge on any atom is -0.497 e. The normalized spacial score (nSPS) is 11.4. The summed E-state index contributed by atoms with van der Waals surface area (Å²) in [5.74, 6) is 1.78. The van der Waals surface area contributed by atoms with Crippen LogP contribution in [0.1, 0.15) is 43.5 Å². The van der Waals surface area contributed by atoms with E-state index in [1.54, 1.807) is 7.11 Å². The molecular weight excluding hydrogens is 448 g/mol. The summed E-state index contributed by atoms with van der Waals surface area (Å²) in [6.45, 7) is 2.71. The maximum atomic E-state index is 13.0. The zero-order valence-electron chi connectivity index (χ0n) is 18.5. The summed E-state index contributed by atoms with van der Waals surface area (Å²) in [6, 6.07) is 7.65. The van der Waals surface area contributed by atoms with Crippen LogP contribution < -0.4 is 16.0 Å². The van der Waals surface area contributed by atoms with E-state index >= 15 is 0 Å². The number of aromatic amines is 1. The Morgan fingerprint density at radius 1 is 1.15 bits per heavy atom. The maximum Gasteiger partial charge on any atom is 0.332 e. The van der Waals surface area contributed by atoms with E-state index in [2.05, 4.69) is 20.1 Å².